The van der Waals surface area contributed by atoms with Crippen molar-refractivity contribution in [1.82, 2.24) is 10.2 Å². The molecule has 2 aromatic carbocycles. The topological polar surface area (TPSA) is 15.3 Å². The van der Waals surface area contributed by atoms with Gasteiger partial charge in [0.2, 0.25) is 0 Å². The van der Waals surface area contributed by atoms with Crippen LogP contribution in [-0.4, -0.2) is 31.1 Å². The summed E-state index contributed by atoms with van der Waals surface area (Å²) in [7, 11) is 0. The van der Waals surface area contributed by atoms with Crippen LogP contribution >= 0.6 is 27.5 Å². The lowest BCUT2D eigenvalue weighted by atomic mass is 9.96. The summed E-state index contributed by atoms with van der Waals surface area (Å²) in [6.07, 6.45) is 0. The Morgan fingerprint density at radius 1 is 1.05 bits per heavy atom. The second-order valence-electron chi connectivity index (χ2n) is 5.27. The zero-order valence-electron chi connectivity index (χ0n) is 11.7. The quantitative estimate of drug-likeness (QED) is 0.881. The molecule has 0 aromatic heterocycles. The summed E-state index contributed by atoms with van der Waals surface area (Å²) in [5.41, 5.74) is 2.46. The van der Waals surface area contributed by atoms with Crippen LogP contribution in [0, 0.1) is 0 Å². The molecule has 2 nitrogen and oxygen atoms in total. The SMILES string of the molecule is Clc1ccccc1C(c1cccc(Br)c1)N1CCNCC1. The molecule has 3 rings (SSSR count). The van der Waals surface area contributed by atoms with Gasteiger partial charge in [-0.3, -0.25) is 4.90 Å². The van der Waals surface area contributed by atoms with Crippen LogP contribution in [0.25, 0.3) is 0 Å². The van der Waals surface area contributed by atoms with Gasteiger partial charge < -0.3 is 5.32 Å². The van der Waals surface area contributed by atoms with Crippen LogP contribution < -0.4 is 5.32 Å². The minimum absolute atomic E-state index is 0.207. The van der Waals surface area contributed by atoms with E-state index in [2.05, 4.69) is 62.5 Å². The van der Waals surface area contributed by atoms with Gasteiger partial charge in [0.15, 0.2) is 0 Å². The number of hydrogen-bond acceptors (Lipinski definition) is 2. The first-order valence-corrected chi connectivity index (χ1v) is 8.37. The van der Waals surface area contributed by atoms with Gasteiger partial charge in [-0.25, -0.2) is 0 Å². The van der Waals surface area contributed by atoms with Crippen molar-refractivity contribution < 1.29 is 0 Å². The second kappa shape index (κ2) is 6.93. The Labute approximate surface area is 139 Å². The Balaban J connectivity index is 2.04. The van der Waals surface area contributed by atoms with Crippen LogP contribution in [0.2, 0.25) is 5.02 Å². The molecule has 21 heavy (non-hydrogen) atoms. The summed E-state index contributed by atoms with van der Waals surface area (Å²) in [5.74, 6) is 0. The number of benzene rings is 2. The van der Waals surface area contributed by atoms with Gasteiger partial charge in [-0.05, 0) is 29.3 Å². The number of hydrogen-bond donors (Lipinski definition) is 1. The van der Waals surface area contributed by atoms with Crippen molar-refractivity contribution in [2.45, 2.75) is 6.04 Å². The summed E-state index contributed by atoms with van der Waals surface area (Å²) in [6, 6.07) is 16.9. The zero-order chi connectivity index (χ0) is 14.7. The largest absolute Gasteiger partial charge is 0.314 e. The number of halogens is 2. The highest BCUT2D eigenvalue weighted by Gasteiger charge is 2.25. The van der Waals surface area contributed by atoms with Crippen molar-refractivity contribution in [2.75, 3.05) is 26.2 Å². The molecule has 0 radical (unpaired) electrons. The van der Waals surface area contributed by atoms with Crippen molar-refractivity contribution in [1.29, 1.82) is 0 Å². The lowest BCUT2D eigenvalue weighted by Crippen LogP contribution is -2.45. The third-order valence-electron chi connectivity index (χ3n) is 3.88. The fourth-order valence-corrected chi connectivity index (χ4v) is 3.56. The van der Waals surface area contributed by atoms with Crippen molar-refractivity contribution >= 4 is 27.5 Å². The smallest absolute Gasteiger partial charge is 0.0617 e. The third kappa shape index (κ3) is 3.49. The first-order valence-electron chi connectivity index (χ1n) is 7.20. The summed E-state index contributed by atoms with van der Waals surface area (Å²) in [4.78, 5) is 2.50. The normalized spacial score (nSPS) is 17.6. The Bertz CT molecular complexity index is 611. The van der Waals surface area contributed by atoms with Crippen LogP contribution in [0.4, 0.5) is 0 Å². The van der Waals surface area contributed by atoms with E-state index in [1.54, 1.807) is 0 Å². The molecule has 110 valence electrons. The van der Waals surface area contributed by atoms with Crippen LogP contribution in [0.15, 0.2) is 53.0 Å². The minimum Gasteiger partial charge on any atom is -0.314 e. The summed E-state index contributed by atoms with van der Waals surface area (Å²) in [6.45, 7) is 4.11. The van der Waals surface area contributed by atoms with E-state index in [9.17, 15) is 0 Å². The molecule has 0 amide bonds. The molecule has 0 saturated carbocycles. The first kappa shape index (κ1) is 15.0. The van der Waals surface area contributed by atoms with E-state index in [4.69, 9.17) is 11.6 Å². The minimum atomic E-state index is 0.207. The highest BCUT2D eigenvalue weighted by Crippen LogP contribution is 2.34. The molecule has 4 heteroatoms. The average Bonchev–Trinajstić information content (AvgIpc) is 2.51. The van der Waals surface area contributed by atoms with Gasteiger partial charge in [0.25, 0.3) is 0 Å². The van der Waals surface area contributed by atoms with Crippen molar-refractivity contribution in [2.24, 2.45) is 0 Å². The van der Waals surface area contributed by atoms with Crippen LogP contribution in [-0.2, 0) is 0 Å². The fraction of sp³-hybridized carbons (Fsp3) is 0.294. The van der Waals surface area contributed by atoms with E-state index >= 15 is 0 Å². The van der Waals surface area contributed by atoms with Gasteiger partial charge in [0.1, 0.15) is 0 Å². The van der Waals surface area contributed by atoms with Crippen molar-refractivity contribution in [3.63, 3.8) is 0 Å². The van der Waals surface area contributed by atoms with Gasteiger partial charge in [-0.15, -0.1) is 0 Å². The third-order valence-corrected chi connectivity index (χ3v) is 4.72. The number of nitrogens with one attached hydrogen (secondary N) is 1. The van der Waals surface area contributed by atoms with E-state index in [1.807, 2.05) is 12.1 Å². The molecule has 1 fully saturated rings. The Morgan fingerprint density at radius 3 is 2.52 bits per heavy atom. The van der Waals surface area contributed by atoms with Crippen LogP contribution in [0.1, 0.15) is 17.2 Å². The molecule has 2 aromatic rings. The van der Waals surface area contributed by atoms with Gasteiger partial charge in [0, 0.05) is 35.7 Å². The van der Waals surface area contributed by atoms with E-state index in [0.29, 0.717) is 0 Å². The van der Waals surface area contributed by atoms with Crippen molar-refractivity contribution in [3.8, 4) is 0 Å². The summed E-state index contributed by atoms with van der Waals surface area (Å²) >= 11 is 10.1. The van der Waals surface area contributed by atoms with E-state index < -0.39 is 0 Å². The Kier molecular flexibility index (Phi) is 4.96. The molecule has 1 N–H and O–H groups in total. The molecule has 1 unspecified atom stereocenters. The molecule has 0 aliphatic carbocycles. The zero-order valence-corrected chi connectivity index (χ0v) is 14.1. The second-order valence-corrected chi connectivity index (χ2v) is 6.59. The highest BCUT2D eigenvalue weighted by atomic mass is 79.9. The van der Waals surface area contributed by atoms with Gasteiger partial charge >= 0.3 is 0 Å². The summed E-state index contributed by atoms with van der Waals surface area (Å²) < 4.78 is 1.10. The molecule has 1 atom stereocenters. The standard InChI is InChI=1S/C17H18BrClN2/c18-14-5-3-4-13(12-14)17(21-10-8-20-9-11-21)15-6-1-2-7-16(15)19/h1-7,12,17,20H,8-11H2. The predicted molar refractivity (Wildman–Crippen MR) is 91.9 cm³/mol. The Hall–Kier alpha value is -0.870. The van der Waals surface area contributed by atoms with Crippen LogP contribution in [0.5, 0.6) is 0 Å². The maximum atomic E-state index is 6.47. The summed E-state index contributed by atoms with van der Waals surface area (Å²) in [5, 5.41) is 4.25. The Morgan fingerprint density at radius 2 is 1.81 bits per heavy atom. The van der Waals surface area contributed by atoms with Gasteiger partial charge in [-0.2, -0.15) is 0 Å². The highest BCUT2D eigenvalue weighted by molar-refractivity contribution is 9.10. The molecule has 1 aliphatic heterocycles. The average molecular weight is 366 g/mol. The predicted octanol–water partition coefficient (Wildman–Crippen LogP) is 4.10. The molecular formula is C17H18BrClN2. The maximum Gasteiger partial charge on any atom is 0.0617 e. The molecule has 1 heterocycles. The number of rotatable bonds is 3. The van der Waals surface area contributed by atoms with Crippen molar-refractivity contribution in [3.05, 3.63) is 69.2 Å². The van der Waals surface area contributed by atoms with E-state index in [0.717, 1.165) is 35.7 Å². The number of piperazine rings is 1. The molecule has 1 aliphatic rings. The molecule has 1 saturated heterocycles. The lowest BCUT2D eigenvalue weighted by molar-refractivity contribution is 0.198. The van der Waals surface area contributed by atoms with Gasteiger partial charge in [0.05, 0.1) is 6.04 Å². The van der Waals surface area contributed by atoms with E-state index in [-0.39, 0.29) is 6.04 Å². The van der Waals surface area contributed by atoms with Crippen LogP contribution in [0.3, 0.4) is 0 Å². The first-order chi connectivity index (χ1) is 10.3. The fourth-order valence-electron chi connectivity index (χ4n) is 2.90. The number of nitrogens with zero attached hydrogens (tertiary/aromatic N) is 1. The van der Waals surface area contributed by atoms with E-state index in [1.165, 1.54) is 11.1 Å². The molecular weight excluding hydrogens is 348 g/mol. The van der Waals surface area contributed by atoms with Gasteiger partial charge in [-0.1, -0.05) is 57.9 Å². The lowest BCUT2D eigenvalue weighted by Gasteiger charge is -2.36. The monoisotopic (exact) mass is 364 g/mol. The maximum absolute atomic E-state index is 6.47. The molecule has 0 bridgehead atoms. The molecule has 0 spiro atoms.